The monoisotopic (exact) mass is 781 g/mol. The molecule has 268 valence electrons. The van der Waals surface area contributed by atoms with Crippen molar-refractivity contribution in [1.82, 2.24) is 14.3 Å². The molecule has 6 rings (SSSR count). The van der Waals surface area contributed by atoms with Crippen LogP contribution in [0.1, 0.15) is 59.6 Å². The van der Waals surface area contributed by atoms with Crippen molar-refractivity contribution in [2.75, 3.05) is 6.61 Å². The largest absolute Gasteiger partial charge is 0.529 e. The summed E-state index contributed by atoms with van der Waals surface area (Å²) in [4.78, 5) is 29.9. The molecule has 9 nitrogen and oxygen atoms in total. The van der Waals surface area contributed by atoms with E-state index in [0.717, 1.165) is 45.2 Å². The molecule has 4 heterocycles. The van der Waals surface area contributed by atoms with Gasteiger partial charge in [-0.1, -0.05) is 18.2 Å². The topological polar surface area (TPSA) is 113 Å². The van der Waals surface area contributed by atoms with Crippen LogP contribution in [0, 0.1) is 11.6 Å². The third-order valence-electron chi connectivity index (χ3n) is 8.49. The van der Waals surface area contributed by atoms with Gasteiger partial charge in [0.05, 0.1) is 12.0 Å². The second kappa shape index (κ2) is 13.3. The maximum atomic E-state index is 15.8. The molecule has 51 heavy (non-hydrogen) atoms. The lowest BCUT2D eigenvalue weighted by Gasteiger charge is -2.47. The van der Waals surface area contributed by atoms with Crippen molar-refractivity contribution in [3.8, 4) is 17.0 Å². The van der Waals surface area contributed by atoms with Crippen LogP contribution in [0.5, 0.6) is 5.75 Å². The summed E-state index contributed by atoms with van der Waals surface area (Å²) in [6.45, 7) is -1.53. The fraction of sp³-hybridized carbons (Fsp3) is 0.242. The molecule has 2 aromatic heterocycles. The summed E-state index contributed by atoms with van der Waals surface area (Å²) in [5, 5.41) is 0. The molecule has 2 aliphatic rings. The highest BCUT2D eigenvalue weighted by Gasteiger charge is 2.45. The Bertz CT molecular complexity index is 2100. The highest BCUT2D eigenvalue weighted by molar-refractivity contribution is 9.10. The van der Waals surface area contributed by atoms with Crippen LogP contribution in [0.4, 0.5) is 30.6 Å². The quantitative estimate of drug-likeness (QED) is 0.0992. The number of oxazole rings is 1. The molecule has 2 atom stereocenters. The summed E-state index contributed by atoms with van der Waals surface area (Å²) >= 11 is 3.14. The molecule has 0 spiro atoms. The smallest absolute Gasteiger partial charge is 0.474 e. The van der Waals surface area contributed by atoms with Gasteiger partial charge in [-0.25, -0.2) is 13.8 Å². The number of halogens is 8. The Balaban J connectivity index is 1.23. The van der Waals surface area contributed by atoms with Crippen LogP contribution >= 0.6 is 15.9 Å². The number of nitrogens with zero attached hydrogens (tertiary/aromatic N) is 3. The molecular formula is C33H26BBrF7N4O5-. The van der Waals surface area contributed by atoms with Gasteiger partial charge in [0.25, 0.3) is 5.91 Å². The fourth-order valence-corrected chi connectivity index (χ4v) is 6.63. The summed E-state index contributed by atoms with van der Waals surface area (Å²) in [7, 11) is 0. The number of ether oxygens (including phenoxy) is 2. The third-order valence-corrected chi connectivity index (χ3v) is 9.03. The number of nitrogens with two attached hydrogens (primary N) is 1. The van der Waals surface area contributed by atoms with E-state index < -0.39 is 72.3 Å². The SMILES string of the molecule is CC1=CC(C)N2C1=Cc1ccc(CCC(=O)OC[C@@H](Oc3ccc(F)c(C(N)=O)c3F)c3nc(-c4ccc(C(F)(F)F)cc4)c(Br)o3)n1[B-]2(F)F. The van der Waals surface area contributed by atoms with E-state index in [1.165, 1.54) is 12.1 Å². The summed E-state index contributed by atoms with van der Waals surface area (Å²) in [6.07, 6.45) is -3.27. The first-order valence-corrected chi connectivity index (χ1v) is 16.1. The lowest BCUT2D eigenvalue weighted by atomic mass is 9.87. The first-order valence-electron chi connectivity index (χ1n) is 15.3. The van der Waals surface area contributed by atoms with E-state index in [4.69, 9.17) is 19.6 Å². The average molecular weight is 782 g/mol. The van der Waals surface area contributed by atoms with E-state index in [1.807, 2.05) is 0 Å². The standard InChI is InChI=1S/C33H26BBrF7N4O5/c1-16-13-17(2)45-23(16)14-21-8-7-20(46(21)34(45,41)42)9-12-26(47)49-15-25(50-24-11-10-22(36)27(28(24)37)31(43)48)32-44-29(30(35)51-32)18-3-5-19(6-4-18)33(38,39)40/h3-8,10-11,13-14,17,25H,9,12,15H2,1-2H3,(H2,43,48)/q-1/t17?,25-/m1/s1. The van der Waals surface area contributed by atoms with Crippen LogP contribution in [0.25, 0.3) is 17.3 Å². The number of fused-ring (bicyclic) bond motifs is 2. The third kappa shape index (κ3) is 6.75. The highest BCUT2D eigenvalue weighted by Crippen LogP contribution is 2.41. The Labute approximate surface area is 293 Å². The molecule has 0 saturated carbocycles. The zero-order valence-corrected chi connectivity index (χ0v) is 28.2. The van der Waals surface area contributed by atoms with Crippen molar-refractivity contribution >= 4 is 40.9 Å². The second-order valence-corrected chi connectivity index (χ2v) is 12.6. The van der Waals surface area contributed by atoms with Gasteiger partial charge in [-0.05, 0) is 89.9 Å². The van der Waals surface area contributed by atoms with E-state index in [9.17, 15) is 27.2 Å². The lowest BCUT2D eigenvalue weighted by molar-refractivity contribution is -0.146. The van der Waals surface area contributed by atoms with Crippen LogP contribution in [0.2, 0.25) is 0 Å². The summed E-state index contributed by atoms with van der Waals surface area (Å²) in [5.41, 5.74) is 4.89. The predicted molar refractivity (Wildman–Crippen MR) is 173 cm³/mol. The van der Waals surface area contributed by atoms with E-state index in [2.05, 4.69) is 20.9 Å². The molecular weight excluding hydrogens is 756 g/mol. The second-order valence-electron chi connectivity index (χ2n) is 11.9. The number of hydrogen-bond acceptors (Lipinski definition) is 7. The Kier molecular flexibility index (Phi) is 9.33. The van der Waals surface area contributed by atoms with Gasteiger partial charge in [-0.15, -0.1) is 0 Å². The number of alkyl halides is 3. The first-order chi connectivity index (χ1) is 24.0. The molecule has 0 radical (unpaired) electrons. The lowest BCUT2D eigenvalue weighted by Crippen LogP contribution is -2.56. The van der Waals surface area contributed by atoms with Gasteiger partial charge < -0.3 is 37.5 Å². The van der Waals surface area contributed by atoms with Crippen molar-refractivity contribution in [2.24, 2.45) is 5.73 Å². The van der Waals surface area contributed by atoms with Crippen LogP contribution in [0.3, 0.4) is 0 Å². The van der Waals surface area contributed by atoms with Crippen molar-refractivity contribution in [3.63, 3.8) is 0 Å². The van der Waals surface area contributed by atoms with Crippen LogP contribution < -0.4 is 10.5 Å². The molecule has 0 fully saturated rings. The van der Waals surface area contributed by atoms with Gasteiger partial charge in [-0.3, -0.25) is 9.59 Å². The van der Waals surface area contributed by atoms with Gasteiger partial charge in [-0.2, -0.15) is 13.2 Å². The zero-order chi connectivity index (χ0) is 37.0. The number of aryl methyl sites for hydroxylation is 1. The number of primary amides is 1. The highest BCUT2D eigenvalue weighted by atomic mass is 79.9. The number of benzene rings is 2. The fourth-order valence-electron chi connectivity index (χ4n) is 6.14. The number of aromatic nitrogens is 2. The minimum absolute atomic E-state index is 0.00628. The number of hydrogen-bond donors (Lipinski definition) is 1. The number of carbonyl (C=O) groups excluding carboxylic acids is 2. The van der Waals surface area contributed by atoms with Gasteiger partial charge in [0, 0.05) is 23.0 Å². The number of allylic oxidation sites excluding steroid dienone is 1. The zero-order valence-electron chi connectivity index (χ0n) is 26.6. The van der Waals surface area contributed by atoms with Crippen molar-refractivity contribution in [3.05, 3.63) is 111 Å². The summed E-state index contributed by atoms with van der Waals surface area (Å²) in [6, 6.07) is 7.95. The molecule has 0 bridgehead atoms. The number of amides is 1. The van der Waals surface area contributed by atoms with Crippen LogP contribution in [-0.2, 0) is 22.1 Å². The van der Waals surface area contributed by atoms with Crippen LogP contribution in [-0.4, -0.2) is 45.8 Å². The average Bonchev–Trinajstić information content (AvgIpc) is 3.73. The Morgan fingerprint density at radius 2 is 1.80 bits per heavy atom. The molecule has 1 unspecified atom stereocenters. The number of carbonyl (C=O) groups is 2. The maximum Gasteiger partial charge on any atom is 0.529 e. The normalized spacial score (nSPS) is 17.0. The minimum Gasteiger partial charge on any atom is -0.474 e. The Hall–Kier alpha value is -5.00. The molecule has 2 aliphatic heterocycles. The van der Waals surface area contributed by atoms with Crippen molar-refractivity contribution < 1.29 is 54.1 Å². The number of rotatable bonds is 10. The predicted octanol–water partition coefficient (Wildman–Crippen LogP) is 7.83. The Morgan fingerprint density at radius 3 is 2.47 bits per heavy atom. The molecule has 0 aliphatic carbocycles. The summed E-state index contributed by atoms with van der Waals surface area (Å²) in [5.74, 6) is -6.10. The van der Waals surface area contributed by atoms with Gasteiger partial charge >= 0.3 is 19.1 Å². The van der Waals surface area contributed by atoms with E-state index >= 15 is 13.0 Å². The van der Waals surface area contributed by atoms with Gasteiger partial charge in [0.15, 0.2) is 16.2 Å². The summed E-state index contributed by atoms with van der Waals surface area (Å²) < 4.78 is 118. The van der Waals surface area contributed by atoms with Crippen molar-refractivity contribution in [1.29, 1.82) is 0 Å². The molecule has 2 aromatic carbocycles. The minimum atomic E-state index is -4.59. The molecule has 4 aromatic rings. The maximum absolute atomic E-state index is 15.8. The molecule has 2 N–H and O–H groups in total. The van der Waals surface area contributed by atoms with E-state index in [0.29, 0.717) is 11.8 Å². The number of esters is 1. The van der Waals surface area contributed by atoms with Gasteiger partial charge in [0.2, 0.25) is 12.0 Å². The van der Waals surface area contributed by atoms with Crippen molar-refractivity contribution in [2.45, 2.75) is 45.0 Å². The molecule has 0 saturated heterocycles. The Morgan fingerprint density at radius 1 is 1.10 bits per heavy atom. The first kappa shape index (κ1) is 35.8. The van der Waals surface area contributed by atoms with E-state index in [-0.39, 0.29) is 46.0 Å². The van der Waals surface area contributed by atoms with E-state index in [1.54, 1.807) is 26.0 Å². The van der Waals surface area contributed by atoms with Gasteiger partial charge in [0.1, 0.15) is 23.7 Å². The molecule has 18 heteroatoms. The molecule has 1 amide bonds. The van der Waals surface area contributed by atoms with Crippen LogP contribution in [0.15, 0.2) is 75.0 Å².